The zero-order valence-electron chi connectivity index (χ0n) is 11.3. The van der Waals surface area contributed by atoms with E-state index in [9.17, 15) is 4.79 Å². The summed E-state index contributed by atoms with van der Waals surface area (Å²) >= 11 is 0. The average Bonchev–Trinajstić information content (AvgIpc) is 3.23. The summed E-state index contributed by atoms with van der Waals surface area (Å²) < 4.78 is 0. The monoisotopic (exact) mass is 266 g/mol. The molecule has 1 saturated carbocycles. The highest BCUT2D eigenvalue weighted by atomic mass is 16.4. The van der Waals surface area contributed by atoms with Crippen molar-refractivity contribution < 1.29 is 9.90 Å². The van der Waals surface area contributed by atoms with Gasteiger partial charge in [0.05, 0.1) is 0 Å². The molecule has 1 atom stereocenters. The molecule has 1 fully saturated rings. The number of carbonyl (C=O) groups is 1. The van der Waals surface area contributed by atoms with Crippen LogP contribution < -0.4 is 0 Å². The van der Waals surface area contributed by atoms with Crippen molar-refractivity contribution in [2.45, 2.75) is 24.7 Å². The van der Waals surface area contributed by atoms with E-state index in [0.717, 1.165) is 12.8 Å². The molecule has 2 aromatic rings. The number of hydrogen-bond donors (Lipinski definition) is 1. The van der Waals surface area contributed by atoms with E-state index in [4.69, 9.17) is 5.11 Å². The van der Waals surface area contributed by atoms with Crippen molar-refractivity contribution in [1.29, 1.82) is 0 Å². The molecule has 0 radical (unpaired) electrons. The first-order valence-corrected chi connectivity index (χ1v) is 7.06. The highest BCUT2D eigenvalue weighted by Gasteiger charge is 2.55. The molecule has 20 heavy (non-hydrogen) atoms. The van der Waals surface area contributed by atoms with Gasteiger partial charge in [0.1, 0.15) is 0 Å². The number of carboxylic acid groups (broad SMARTS) is 1. The second-order valence-corrected chi connectivity index (χ2v) is 5.54. The van der Waals surface area contributed by atoms with E-state index in [1.54, 1.807) is 0 Å². The van der Waals surface area contributed by atoms with Crippen LogP contribution in [0.2, 0.25) is 0 Å². The number of rotatable bonds is 5. The molecule has 2 nitrogen and oxygen atoms in total. The first-order chi connectivity index (χ1) is 9.73. The third-order valence-electron chi connectivity index (χ3n) is 4.39. The fourth-order valence-electron chi connectivity index (χ4n) is 3.32. The first-order valence-electron chi connectivity index (χ1n) is 7.06. The van der Waals surface area contributed by atoms with Crippen LogP contribution in [0.25, 0.3) is 0 Å². The lowest BCUT2D eigenvalue weighted by molar-refractivity contribution is -0.137. The highest BCUT2D eigenvalue weighted by molar-refractivity contribution is 5.67. The summed E-state index contributed by atoms with van der Waals surface area (Å²) in [6.07, 6.45) is 2.06. The third-order valence-corrected chi connectivity index (χ3v) is 4.39. The smallest absolute Gasteiger partial charge is 0.303 e. The molecule has 0 heterocycles. The fraction of sp³-hybridized carbons (Fsp3) is 0.278. The van der Waals surface area contributed by atoms with Gasteiger partial charge in [0.2, 0.25) is 0 Å². The van der Waals surface area contributed by atoms with Gasteiger partial charge < -0.3 is 5.11 Å². The Morgan fingerprint density at radius 1 is 1.00 bits per heavy atom. The highest BCUT2D eigenvalue weighted by Crippen LogP contribution is 2.60. The van der Waals surface area contributed by atoms with E-state index in [-0.39, 0.29) is 11.8 Å². The summed E-state index contributed by atoms with van der Waals surface area (Å²) in [6.45, 7) is 0. The predicted molar refractivity (Wildman–Crippen MR) is 78.6 cm³/mol. The second-order valence-electron chi connectivity index (χ2n) is 5.54. The third kappa shape index (κ3) is 2.22. The molecule has 0 aliphatic heterocycles. The van der Waals surface area contributed by atoms with Gasteiger partial charge in [-0.2, -0.15) is 0 Å². The van der Waals surface area contributed by atoms with Crippen LogP contribution in [0.1, 0.15) is 30.4 Å². The van der Waals surface area contributed by atoms with Crippen LogP contribution >= 0.6 is 0 Å². The molecule has 0 aromatic heterocycles. The zero-order chi connectivity index (χ0) is 14.0. The maximum atomic E-state index is 10.8. The Labute approximate surface area is 119 Å². The molecule has 102 valence electrons. The molecule has 0 bridgehead atoms. The largest absolute Gasteiger partial charge is 0.481 e. The van der Waals surface area contributed by atoms with Crippen LogP contribution in [0.15, 0.2) is 60.7 Å². The van der Waals surface area contributed by atoms with Crippen LogP contribution in [0.4, 0.5) is 0 Å². The van der Waals surface area contributed by atoms with Gasteiger partial charge in [0.15, 0.2) is 0 Å². The van der Waals surface area contributed by atoms with E-state index in [0.29, 0.717) is 5.92 Å². The molecule has 1 aliphatic carbocycles. The molecule has 0 amide bonds. The Kier molecular flexibility index (Phi) is 3.31. The number of carboxylic acids is 1. The van der Waals surface area contributed by atoms with Crippen LogP contribution in [0.5, 0.6) is 0 Å². The van der Waals surface area contributed by atoms with E-state index in [2.05, 4.69) is 48.5 Å². The molecule has 1 aliphatic rings. The lowest BCUT2D eigenvalue weighted by Crippen LogP contribution is -2.13. The van der Waals surface area contributed by atoms with Gasteiger partial charge in [-0.05, 0) is 29.9 Å². The van der Waals surface area contributed by atoms with Gasteiger partial charge in [-0.3, -0.25) is 4.79 Å². The van der Waals surface area contributed by atoms with Crippen LogP contribution in [-0.4, -0.2) is 11.1 Å². The lowest BCUT2D eigenvalue weighted by atomic mass is 9.85. The number of hydrogen-bond acceptors (Lipinski definition) is 1. The van der Waals surface area contributed by atoms with E-state index < -0.39 is 5.97 Å². The SMILES string of the molecule is O=C(O)CC[C@H]1CC1(c1ccccc1)c1ccccc1. The van der Waals surface area contributed by atoms with E-state index >= 15 is 0 Å². The van der Waals surface area contributed by atoms with Crippen molar-refractivity contribution >= 4 is 5.97 Å². The minimum Gasteiger partial charge on any atom is -0.481 e. The summed E-state index contributed by atoms with van der Waals surface area (Å²) in [4.78, 5) is 10.8. The van der Waals surface area contributed by atoms with Crippen molar-refractivity contribution in [3.05, 3.63) is 71.8 Å². The van der Waals surface area contributed by atoms with Gasteiger partial charge in [-0.15, -0.1) is 0 Å². The molecule has 1 N–H and O–H groups in total. The van der Waals surface area contributed by atoms with Crippen molar-refractivity contribution in [3.63, 3.8) is 0 Å². The lowest BCUT2D eigenvalue weighted by Gasteiger charge is -2.19. The molecule has 0 unspecified atom stereocenters. The topological polar surface area (TPSA) is 37.3 Å². The molecule has 2 aromatic carbocycles. The van der Waals surface area contributed by atoms with E-state index in [1.807, 2.05) is 12.1 Å². The second kappa shape index (κ2) is 5.12. The normalized spacial score (nSPS) is 19.5. The Balaban J connectivity index is 1.93. The molecule has 0 saturated heterocycles. The Morgan fingerprint density at radius 3 is 1.95 bits per heavy atom. The van der Waals surface area contributed by atoms with E-state index in [1.165, 1.54) is 11.1 Å². The molecule has 3 rings (SSSR count). The maximum absolute atomic E-state index is 10.8. The summed E-state index contributed by atoms with van der Waals surface area (Å²) in [5.74, 6) is -0.268. The van der Waals surface area contributed by atoms with Crippen molar-refractivity contribution in [3.8, 4) is 0 Å². The minimum atomic E-state index is -0.702. The summed E-state index contributed by atoms with van der Waals surface area (Å²) in [7, 11) is 0. The van der Waals surface area contributed by atoms with Gasteiger partial charge in [-0.1, -0.05) is 60.7 Å². The van der Waals surface area contributed by atoms with Crippen molar-refractivity contribution in [2.75, 3.05) is 0 Å². The number of aliphatic carboxylic acids is 1. The maximum Gasteiger partial charge on any atom is 0.303 e. The summed E-state index contributed by atoms with van der Waals surface area (Å²) in [6, 6.07) is 20.9. The van der Waals surface area contributed by atoms with Crippen LogP contribution in [0, 0.1) is 5.92 Å². The van der Waals surface area contributed by atoms with Gasteiger partial charge in [0, 0.05) is 11.8 Å². The molecule has 2 heteroatoms. The first kappa shape index (κ1) is 12.9. The summed E-state index contributed by atoms with van der Waals surface area (Å²) in [5.41, 5.74) is 2.64. The Hall–Kier alpha value is -2.09. The van der Waals surface area contributed by atoms with Crippen LogP contribution in [-0.2, 0) is 10.2 Å². The number of benzene rings is 2. The Morgan fingerprint density at radius 2 is 1.50 bits per heavy atom. The van der Waals surface area contributed by atoms with Crippen LogP contribution in [0.3, 0.4) is 0 Å². The quantitative estimate of drug-likeness (QED) is 0.892. The van der Waals surface area contributed by atoms with Gasteiger partial charge in [0.25, 0.3) is 0 Å². The summed E-state index contributed by atoms with van der Waals surface area (Å²) in [5, 5.41) is 8.90. The predicted octanol–water partition coefficient (Wildman–Crippen LogP) is 3.86. The molecule has 0 spiro atoms. The average molecular weight is 266 g/mol. The molecular formula is C18H18O2. The van der Waals surface area contributed by atoms with Gasteiger partial charge >= 0.3 is 5.97 Å². The standard InChI is InChI=1S/C18H18O2/c19-17(20)12-11-16-13-18(16,14-7-3-1-4-8-14)15-9-5-2-6-10-15/h1-10,16H,11-13H2,(H,19,20)/t16-/m0/s1. The van der Waals surface area contributed by atoms with Crippen molar-refractivity contribution in [2.24, 2.45) is 5.92 Å². The Bertz CT molecular complexity index is 550. The fourth-order valence-corrected chi connectivity index (χ4v) is 3.32. The van der Waals surface area contributed by atoms with Crippen molar-refractivity contribution in [1.82, 2.24) is 0 Å². The minimum absolute atomic E-state index is 0.0258. The zero-order valence-corrected chi connectivity index (χ0v) is 11.3. The molecular weight excluding hydrogens is 248 g/mol. The van der Waals surface area contributed by atoms with Gasteiger partial charge in [-0.25, -0.2) is 0 Å².